The summed E-state index contributed by atoms with van der Waals surface area (Å²) < 4.78 is 0. The van der Waals surface area contributed by atoms with E-state index in [1.807, 2.05) is 0 Å². The average molecular weight is 278 g/mol. The Morgan fingerprint density at radius 1 is 1.40 bits per heavy atom. The van der Waals surface area contributed by atoms with Gasteiger partial charge in [-0.3, -0.25) is 10.00 Å². The maximum atomic E-state index is 11.1. The SMILES string of the molecule is CN1CCC2(CC1)CCN(Cc1cn[nH]c1C(=O)O)C2. The summed E-state index contributed by atoms with van der Waals surface area (Å²) in [4.78, 5) is 15.9. The van der Waals surface area contributed by atoms with Gasteiger partial charge < -0.3 is 10.0 Å². The van der Waals surface area contributed by atoms with Crippen molar-refractivity contribution in [3.05, 3.63) is 17.5 Å². The molecule has 0 bridgehead atoms. The van der Waals surface area contributed by atoms with E-state index in [1.54, 1.807) is 6.20 Å². The Morgan fingerprint density at radius 3 is 2.80 bits per heavy atom. The zero-order valence-corrected chi connectivity index (χ0v) is 11.9. The van der Waals surface area contributed by atoms with Crippen LogP contribution in [0.4, 0.5) is 0 Å². The number of carbonyl (C=O) groups is 1. The van der Waals surface area contributed by atoms with Crippen LogP contribution in [0.1, 0.15) is 35.3 Å². The van der Waals surface area contributed by atoms with Gasteiger partial charge in [0.25, 0.3) is 0 Å². The first kappa shape index (κ1) is 13.6. The summed E-state index contributed by atoms with van der Waals surface area (Å²) in [5.74, 6) is -0.925. The van der Waals surface area contributed by atoms with E-state index in [4.69, 9.17) is 5.11 Å². The third-order valence-corrected chi connectivity index (χ3v) is 4.89. The molecule has 2 saturated heterocycles. The molecule has 0 aliphatic carbocycles. The quantitative estimate of drug-likeness (QED) is 0.864. The molecular formula is C14H22N4O2. The fourth-order valence-corrected chi connectivity index (χ4v) is 3.52. The highest BCUT2D eigenvalue weighted by molar-refractivity contribution is 5.86. The zero-order valence-electron chi connectivity index (χ0n) is 11.9. The van der Waals surface area contributed by atoms with Gasteiger partial charge in [0.2, 0.25) is 0 Å². The van der Waals surface area contributed by atoms with Crippen LogP contribution < -0.4 is 0 Å². The van der Waals surface area contributed by atoms with Crippen molar-refractivity contribution in [2.24, 2.45) is 5.41 Å². The molecule has 6 nitrogen and oxygen atoms in total. The molecule has 0 aromatic carbocycles. The Morgan fingerprint density at radius 2 is 2.10 bits per heavy atom. The van der Waals surface area contributed by atoms with E-state index in [-0.39, 0.29) is 5.69 Å². The summed E-state index contributed by atoms with van der Waals surface area (Å²) >= 11 is 0. The average Bonchev–Trinajstić information content (AvgIpc) is 3.02. The third kappa shape index (κ3) is 2.58. The smallest absolute Gasteiger partial charge is 0.354 e. The molecule has 110 valence electrons. The van der Waals surface area contributed by atoms with Crippen molar-refractivity contribution in [3.8, 4) is 0 Å². The molecule has 3 heterocycles. The van der Waals surface area contributed by atoms with Crippen LogP contribution in [0.15, 0.2) is 6.20 Å². The number of aromatic carboxylic acids is 1. The van der Waals surface area contributed by atoms with E-state index < -0.39 is 5.97 Å². The molecule has 6 heteroatoms. The Kier molecular flexibility index (Phi) is 3.52. The van der Waals surface area contributed by atoms with E-state index in [1.165, 1.54) is 32.4 Å². The molecule has 20 heavy (non-hydrogen) atoms. The highest BCUT2D eigenvalue weighted by Gasteiger charge is 2.40. The highest BCUT2D eigenvalue weighted by atomic mass is 16.4. The molecule has 3 rings (SSSR count). The van der Waals surface area contributed by atoms with Crippen LogP contribution >= 0.6 is 0 Å². The lowest BCUT2D eigenvalue weighted by Crippen LogP contribution is -2.39. The second kappa shape index (κ2) is 5.18. The summed E-state index contributed by atoms with van der Waals surface area (Å²) in [6, 6.07) is 0. The number of nitrogens with one attached hydrogen (secondary N) is 1. The number of hydrogen-bond acceptors (Lipinski definition) is 4. The highest BCUT2D eigenvalue weighted by Crippen LogP contribution is 2.40. The number of carboxylic acid groups (broad SMARTS) is 1. The molecule has 0 radical (unpaired) electrons. The van der Waals surface area contributed by atoms with Gasteiger partial charge in [-0.05, 0) is 51.4 Å². The predicted octanol–water partition coefficient (Wildman–Crippen LogP) is 1.03. The number of aromatic nitrogens is 2. The summed E-state index contributed by atoms with van der Waals surface area (Å²) in [5.41, 5.74) is 1.48. The summed E-state index contributed by atoms with van der Waals surface area (Å²) in [6.45, 7) is 5.20. The summed E-state index contributed by atoms with van der Waals surface area (Å²) in [6.07, 6.45) is 5.40. The lowest BCUT2D eigenvalue weighted by molar-refractivity contribution is 0.0688. The Balaban J connectivity index is 1.63. The lowest BCUT2D eigenvalue weighted by Gasteiger charge is -2.37. The van der Waals surface area contributed by atoms with E-state index in [0.29, 0.717) is 12.0 Å². The molecule has 2 N–H and O–H groups in total. The van der Waals surface area contributed by atoms with Crippen LogP contribution in [0.5, 0.6) is 0 Å². The van der Waals surface area contributed by atoms with E-state index in [0.717, 1.165) is 18.7 Å². The number of aromatic amines is 1. The zero-order chi connectivity index (χ0) is 14.2. The predicted molar refractivity (Wildman–Crippen MR) is 74.6 cm³/mol. The van der Waals surface area contributed by atoms with Crippen molar-refractivity contribution in [2.45, 2.75) is 25.8 Å². The van der Waals surface area contributed by atoms with Gasteiger partial charge in [0, 0.05) is 18.7 Å². The molecule has 0 unspecified atom stereocenters. The molecule has 0 saturated carbocycles. The Labute approximate surface area is 118 Å². The number of hydrogen-bond donors (Lipinski definition) is 2. The normalized spacial score (nSPS) is 23.4. The van der Waals surface area contributed by atoms with Crippen molar-refractivity contribution < 1.29 is 9.90 Å². The first-order chi connectivity index (χ1) is 9.58. The molecule has 1 spiro atoms. The first-order valence-corrected chi connectivity index (χ1v) is 7.24. The Bertz CT molecular complexity index is 491. The Hall–Kier alpha value is -1.40. The van der Waals surface area contributed by atoms with Gasteiger partial charge in [0.15, 0.2) is 0 Å². The van der Waals surface area contributed by atoms with Crippen LogP contribution in [0.2, 0.25) is 0 Å². The van der Waals surface area contributed by atoms with E-state index >= 15 is 0 Å². The van der Waals surface area contributed by atoms with Crippen molar-refractivity contribution in [1.29, 1.82) is 0 Å². The van der Waals surface area contributed by atoms with Crippen molar-refractivity contribution in [1.82, 2.24) is 20.0 Å². The monoisotopic (exact) mass is 278 g/mol. The van der Waals surface area contributed by atoms with Crippen LogP contribution in [0, 0.1) is 5.41 Å². The lowest BCUT2D eigenvalue weighted by atomic mass is 9.78. The van der Waals surface area contributed by atoms with Gasteiger partial charge in [0.1, 0.15) is 5.69 Å². The minimum Gasteiger partial charge on any atom is -0.477 e. The fraction of sp³-hybridized carbons (Fsp3) is 0.714. The molecule has 2 aliphatic rings. The molecule has 1 aromatic rings. The second-order valence-corrected chi connectivity index (χ2v) is 6.34. The molecule has 2 aliphatic heterocycles. The van der Waals surface area contributed by atoms with E-state index in [2.05, 4.69) is 27.0 Å². The number of nitrogens with zero attached hydrogens (tertiary/aromatic N) is 3. The minimum absolute atomic E-state index is 0.231. The summed E-state index contributed by atoms with van der Waals surface area (Å²) in [7, 11) is 2.18. The van der Waals surface area contributed by atoms with Crippen molar-refractivity contribution in [3.63, 3.8) is 0 Å². The van der Waals surface area contributed by atoms with Crippen LogP contribution in [-0.2, 0) is 6.54 Å². The molecule has 1 aromatic heterocycles. The molecule has 0 amide bonds. The van der Waals surface area contributed by atoms with Gasteiger partial charge in [-0.1, -0.05) is 0 Å². The maximum Gasteiger partial charge on any atom is 0.354 e. The maximum absolute atomic E-state index is 11.1. The third-order valence-electron chi connectivity index (χ3n) is 4.89. The number of likely N-dealkylation sites (tertiary alicyclic amines) is 2. The largest absolute Gasteiger partial charge is 0.477 e. The van der Waals surface area contributed by atoms with Crippen LogP contribution in [0.25, 0.3) is 0 Å². The van der Waals surface area contributed by atoms with Gasteiger partial charge in [-0.15, -0.1) is 0 Å². The van der Waals surface area contributed by atoms with Crippen molar-refractivity contribution in [2.75, 3.05) is 33.2 Å². The van der Waals surface area contributed by atoms with Gasteiger partial charge in [0.05, 0.1) is 6.20 Å². The summed E-state index contributed by atoms with van der Waals surface area (Å²) in [5, 5.41) is 15.5. The minimum atomic E-state index is -0.925. The number of carboxylic acids is 1. The molecular weight excluding hydrogens is 256 g/mol. The van der Waals surface area contributed by atoms with E-state index in [9.17, 15) is 4.79 Å². The second-order valence-electron chi connectivity index (χ2n) is 6.34. The fourth-order valence-electron chi connectivity index (χ4n) is 3.52. The topological polar surface area (TPSA) is 72.5 Å². The molecule has 2 fully saturated rings. The number of rotatable bonds is 3. The van der Waals surface area contributed by atoms with Crippen LogP contribution in [-0.4, -0.2) is 64.3 Å². The van der Waals surface area contributed by atoms with Crippen LogP contribution in [0.3, 0.4) is 0 Å². The van der Waals surface area contributed by atoms with Gasteiger partial charge in [-0.2, -0.15) is 5.10 Å². The first-order valence-electron chi connectivity index (χ1n) is 7.24. The number of piperidine rings is 1. The standard InChI is InChI=1S/C14H22N4O2/c1-17-5-2-14(3-6-17)4-7-18(10-14)9-11-8-15-16-12(11)13(19)20/h8H,2-7,9-10H2,1H3,(H,15,16)(H,19,20). The van der Waals surface area contributed by atoms with Gasteiger partial charge >= 0.3 is 5.97 Å². The van der Waals surface area contributed by atoms with Gasteiger partial charge in [-0.25, -0.2) is 4.79 Å². The number of H-pyrrole nitrogens is 1. The molecule has 0 atom stereocenters. The van der Waals surface area contributed by atoms with Crippen molar-refractivity contribution >= 4 is 5.97 Å².